The number of hydrogen-bond acceptors (Lipinski definition) is 12. The number of carbonyl (C=O) groups is 4. The van der Waals surface area contributed by atoms with Gasteiger partial charge in [0, 0.05) is 55.3 Å². The highest BCUT2D eigenvalue weighted by atomic mass is 16.7. The van der Waals surface area contributed by atoms with Gasteiger partial charge in [-0.1, -0.05) is 27.7 Å². The Kier molecular flexibility index (Phi) is 7.28. The van der Waals surface area contributed by atoms with Crippen LogP contribution >= 0.6 is 0 Å². The number of Topliss-reactive ketones (excluding diaryl/α,β-unsaturated/α-hetero) is 1. The Bertz CT molecular complexity index is 1540. The van der Waals surface area contributed by atoms with Gasteiger partial charge < -0.3 is 38.3 Å². The minimum Gasteiger partial charge on any atom is -0.472 e. The van der Waals surface area contributed by atoms with Crippen LogP contribution in [0.5, 0.6) is 0 Å². The maximum Gasteiger partial charge on any atom is 0.311 e. The number of hydrogen-bond donors (Lipinski definition) is 2. The summed E-state index contributed by atoms with van der Waals surface area (Å²) in [6.45, 7) is 12.9. The first-order valence-corrected chi connectivity index (χ1v) is 17.2. The van der Waals surface area contributed by atoms with Crippen molar-refractivity contribution in [3.63, 3.8) is 0 Å². The van der Waals surface area contributed by atoms with Gasteiger partial charge in [-0.05, 0) is 43.7 Å². The Hall–Kier alpha value is -2.80. The lowest BCUT2D eigenvalue weighted by Crippen LogP contribution is -2.85. The molecule has 264 valence electrons. The van der Waals surface area contributed by atoms with Crippen molar-refractivity contribution in [3.05, 3.63) is 24.2 Å². The molecule has 0 aromatic carbocycles. The SMILES string of the molecule is CCC(C)C(=O)OC1(C)OC[C@]23[C@@H]([C@@H](O)C[C@]4(C)[C@@H]2C(=O)C[C@@]2(C)[C@H](c5ccoc5)C[C@H]5O[C@]524)[C@]1(C)[C@H](OC(C)=O)[C@H](OC(C)=O)[C@@H]3O. The van der Waals surface area contributed by atoms with Crippen molar-refractivity contribution in [2.75, 3.05) is 6.61 Å². The molecular weight excluding hydrogens is 624 g/mol. The van der Waals surface area contributed by atoms with Crippen molar-refractivity contribution in [1.29, 1.82) is 0 Å². The first-order valence-electron chi connectivity index (χ1n) is 17.2. The molecule has 12 nitrogen and oxygen atoms in total. The normalized spacial score (nSPS) is 50.6. The number of aliphatic hydroxyl groups excluding tert-OH is 2. The third kappa shape index (κ3) is 3.80. The number of furan rings is 1. The highest BCUT2D eigenvalue weighted by Crippen LogP contribution is 2.83. The molecule has 1 aromatic heterocycles. The van der Waals surface area contributed by atoms with Crippen LogP contribution in [-0.2, 0) is 42.9 Å². The standard InChI is InChI=1S/C36H48O12/c1-9-17(2)30(42)48-34(8)33(7)27-23(40)14-32(6)26(35(27,16-44-34)28(41)25(45-18(3)37)29(33)46-19(4)38)22(39)13-31(5)21(20-10-11-43-15-20)12-24-36(31,32)47-24/h10-11,15,17,21,23-29,40-41H,9,12-14,16H2,1-8H3/t17?,21-,23-,24+,25+,26-,27-,28-,29+,31-,32+,33+,34?,35+,36+/m0/s1. The number of esters is 3. The minimum absolute atomic E-state index is 0.0290. The van der Waals surface area contributed by atoms with Gasteiger partial charge in [0.25, 0.3) is 0 Å². The molecule has 2 N–H and O–H groups in total. The summed E-state index contributed by atoms with van der Waals surface area (Å²) in [6.07, 6.45) is -1.12. The predicted molar refractivity (Wildman–Crippen MR) is 165 cm³/mol. The Morgan fingerprint density at radius 3 is 2.35 bits per heavy atom. The van der Waals surface area contributed by atoms with Crippen molar-refractivity contribution in [2.45, 2.75) is 129 Å². The Balaban J connectivity index is 1.43. The molecule has 12 heteroatoms. The van der Waals surface area contributed by atoms with E-state index in [2.05, 4.69) is 6.92 Å². The summed E-state index contributed by atoms with van der Waals surface area (Å²) in [5, 5.41) is 25.2. The summed E-state index contributed by atoms with van der Waals surface area (Å²) in [6, 6.07) is 1.92. The summed E-state index contributed by atoms with van der Waals surface area (Å²) in [5.41, 5.74) is -4.60. The first-order chi connectivity index (χ1) is 22.4. The van der Waals surface area contributed by atoms with E-state index in [4.69, 9.17) is 28.1 Å². The van der Waals surface area contributed by atoms with Crippen LogP contribution in [0.1, 0.15) is 92.6 Å². The van der Waals surface area contributed by atoms with Crippen molar-refractivity contribution in [3.8, 4) is 0 Å². The van der Waals surface area contributed by atoms with E-state index >= 15 is 4.79 Å². The van der Waals surface area contributed by atoms with Crippen LogP contribution in [0.4, 0.5) is 0 Å². The summed E-state index contributed by atoms with van der Waals surface area (Å²) < 4.78 is 36.6. The molecule has 3 heterocycles. The summed E-state index contributed by atoms with van der Waals surface area (Å²) in [5.74, 6) is -6.42. The smallest absolute Gasteiger partial charge is 0.311 e. The van der Waals surface area contributed by atoms with Gasteiger partial charge in [-0.15, -0.1) is 0 Å². The fourth-order valence-corrected chi connectivity index (χ4v) is 12.1. The highest BCUT2D eigenvalue weighted by molar-refractivity contribution is 5.87. The second-order valence-corrected chi connectivity index (χ2v) is 16.3. The van der Waals surface area contributed by atoms with Crippen molar-refractivity contribution >= 4 is 23.7 Å². The van der Waals surface area contributed by atoms with Crippen LogP contribution in [0, 0.1) is 39.4 Å². The number of carbonyl (C=O) groups excluding carboxylic acids is 4. The van der Waals surface area contributed by atoms with Crippen LogP contribution in [0.3, 0.4) is 0 Å². The van der Waals surface area contributed by atoms with Crippen LogP contribution in [0.2, 0.25) is 0 Å². The zero-order valence-corrected chi connectivity index (χ0v) is 28.9. The van der Waals surface area contributed by atoms with Gasteiger partial charge in [0.2, 0.25) is 5.79 Å². The van der Waals surface area contributed by atoms with Crippen molar-refractivity contribution < 1.29 is 57.5 Å². The van der Waals surface area contributed by atoms with Crippen molar-refractivity contribution in [1.82, 2.24) is 0 Å². The Morgan fingerprint density at radius 1 is 1.06 bits per heavy atom. The molecule has 6 fully saturated rings. The number of fused-ring (bicyclic) bond motifs is 1. The predicted octanol–water partition coefficient (Wildman–Crippen LogP) is 3.45. The quantitative estimate of drug-likeness (QED) is 0.257. The number of rotatable bonds is 6. The topological polar surface area (TPSA) is 171 Å². The molecule has 4 aliphatic carbocycles. The van der Waals surface area contributed by atoms with Gasteiger partial charge in [-0.2, -0.15) is 0 Å². The van der Waals surface area contributed by atoms with Gasteiger partial charge in [0.05, 0.1) is 42.7 Å². The molecule has 2 unspecified atom stereocenters. The Labute approximate surface area is 280 Å². The lowest BCUT2D eigenvalue weighted by atomic mass is 9.33. The van der Waals surface area contributed by atoms with E-state index in [-0.39, 0.29) is 37.3 Å². The van der Waals surface area contributed by atoms with Crippen molar-refractivity contribution in [2.24, 2.45) is 39.4 Å². The molecule has 4 saturated carbocycles. The van der Waals surface area contributed by atoms with Gasteiger partial charge >= 0.3 is 17.9 Å². The second-order valence-electron chi connectivity index (χ2n) is 16.3. The summed E-state index contributed by atoms with van der Waals surface area (Å²) in [4.78, 5) is 53.8. The largest absolute Gasteiger partial charge is 0.472 e. The van der Waals surface area contributed by atoms with Gasteiger partial charge in [0.15, 0.2) is 12.2 Å². The van der Waals surface area contributed by atoms with E-state index in [1.165, 1.54) is 13.8 Å². The maximum absolute atomic E-state index is 15.0. The molecule has 48 heavy (non-hydrogen) atoms. The maximum atomic E-state index is 15.0. The van der Waals surface area contributed by atoms with E-state index in [1.807, 2.05) is 19.9 Å². The van der Waals surface area contributed by atoms with Crippen LogP contribution < -0.4 is 0 Å². The van der Waals surface area contributed by atoms with E-state index in [1.54, 1.807) is 33.3 Å². The molecule has 0 radical (unpaired) electrons. The number of aliphatic hydroxyl groups is 2. The second kappa shape index (κ2) is 10.4. The zero-order valence-electron chi connectivity index (χ0n) is 28.9. The Morgan fingerprint density at radius 2 is 1.75 bits per heavy atom. The zero-order chi connectivity index (χ0) is 35.0. The molecule has 0 amide bonds. The van der Waals surface area contributed by atoms with E-state index in [0.717, 1.165) is 5.56 Å². The molecule has 2 saturated heterocycles. The fourth-order valence-electron chi connectivity index (χ4n) is 12.1. The van der Waals surface area contributed by atoms with Crippen LogP contribution in [0.15, 0.2) is 23.0 Å². The molecular formula is C36H48O12. The van der Waals surface area contributed by atoms with E-state index in [9.17, 15) is 24.6 Å². The van der Waals surface area contributed by atoms with Gasteiger partial charge in [-0.3, -0.25) is 19.2 Å². The lowest BCUT2D eigenvalue weighted by molar-refractivity contribution is -0.428. The van der Waals surface area contributed by atoms with Gasteiger partial charge in [-0.25, -0.2) is 0 Å². The number of epoxide rings is 1. The first kappa shape index (κ1) is 33.7. The average Bonchev–Trinajstić information content (AvgIpc) is 3.37. The molecule has 2 aliphatic heterocycles. The fraction of sp³-hybridized carbons (Fsp3) is 0.778. The average molecular weight is 673 g/mol. The van der Waals surface area contributed by atoms with E-state index < -0.39 is 93.1 Å². The minimum atomic E-state index is -1.82. The highest BCUT2D eigenvalue weighted by Gasteiger charge is 2.91. The third-order valence-corrected chi connectivity index (χ3v) is 14.1. The molecule has 7 rings (SSSR count). The monoisotopic (exact) mass is 672 g/mol. The summed E-state index contributed by atoms with van der Waals surface area (Å²) in [7, 11) is 0. The molecule has 15 atom stereocenters. The van der Waals surface area contributed by atoms with Crippen LogP contribution in [0.25, 0.3) is 0 Å². The molecule has 2 bridgehead atoms. The third-order valence-electron chi connectivity index (χ3n) is 14.1. The summed E-state index contributed by atoms with van der Waals surface area (Å²) >= 11 is 0. The number of ether oxygens (including phenoxy) is 5. The van der Waals surface area contributed by atoms with Crippen LogP contribution in [-0.4, -0.2) is 82.4 Å². The number of ketones is 1. The van der Waals surface area contributed by atoms with E-state index in [0.29, 0.717) is 12.8 Å². The van der Waals surface area contributed by atoms with Gasteiger partial charge in [0.1, 0.15) is 17.5 Å². The molecule has 1 aromatic rings. The molecule has 6 aliphatic rings. The lowest BCUT2D eigenvalue weighted by Gasteiger charge is -2.74. The molecule has 1 spiro atoms.